The molecule has 0 atom stereocenters. The molecule has 3 aromatic carbocycles. The first-order valence-electron chi connectivity index (χ1n) is 9.16. The highest BCUT2D eigenvalue weighted by atomic mass is 35.5. The molecule has 0 bridgehead atoms. The van der Waals surface area contributed by atoms with Gasteiger partial charge >= 0.3 is 0 Å². The average Bonchev–Trinajstić information content (AvgIpc) is 2.74. The molecule has 0 radical (unpaired) electrons. The molecule has 0 fully saturated rings. The number of fused-ring (bicyclic) bond motifs is 1. The fourth-order valence-corrected chi connectivity index (χ4v) is 3.74. The van der Waals surface area contributed by atoms with Crippen molar-refractivity contribution in [3.05, 3.63) is 77.3 Å². The normalized spacial score (nSPS) is 14.0. The van der Waals surface area contributed by atoms with Crippen LogP contribution in [0.25, 0.3) is 0 Å². The number of para-hydroxylation sites is 2. The number of anilines is 2. The summed E-state index contributed by atoms with van der Waals surface area (Å²) in [7, 11) is 4.06. The molecule has 1 heterocycles. The van der Waals surface area contributed by atoms with E-state index >= 15 is 0 Å². The Hall–Kier alpha value is -2.83. The van der Waals surface area contributed by atoms with Crippen molar-refractivity contribution in [2.45, 2.75) is 11.4 Å². The molecular weight excluding hydrogens is 404 g/mol. The second kappa shape index (κ2) is 8.68. The highest BCUT2D eigenvalue weighted by Gasteiger charge is 2.19. The lowest BCUT2D eigenvalue weighted by Gasteiger charge is -2.23. The van der Waals surface area contributed by atoms with Gasteiger partial charge in [0.15, 0.2) is 5.75 Å². The second-order valence-electron chi connectivity index (χ2n) is 6.72. The van der Waals surface area contributed by atoms with E-state index in [-0.39, 0.29) is 0 Å². The van der Waals surface area contributed by atoms with E-state index in [4.69, 9.17) is 16.3 Å². The zero-order valence-corrected chi connectivity index (χ0v) is 17.7. The zero-order chi connectivity index (χ0) is 20.2. The molecule has 3 aromatic rings. The fourth-order valence-electron chi connectivity index (χ4n) is 2.84. The summed E-state index contributed by atoms with van der Waals surface area (Å²) in [6.45, 7) is 0.576. The van der Waals surface area contributed by atoms with E-state index in [2.05, 4.69) is 44.2 Å². The maximum Gasteiger partial charge on any atom is 0.206 e. The van der Waals surface area contributed by atoms with Crippen LogP contribution in [0, 0.1) is 0 Å². The minimum Gasteiger partial charge on any atom is -0.454 e. The molecule has 7 heteroatoms. The maximum absolute atomic E-state index is 6.24. The molecule has 1 aliphatic rings. The van der Waals surface area contributed by atoms with E-state index < -0.39 is 0 Å². The van der Waals surface area contributed by atoms with E-state index in [9.17, 15) is 0 Å². The van der Waals surface area contributed by atoms with E-state index in [1.165, 1.54) is 17.6 Å². The van der Waals surface area contributed by atoms with Crippen molar-refractivity contribution in [1.29, 1.82) is 0 Å². The van der Waals surface area contributed by atoms with Gasteiger partial charge in [0.1, 0.15) is 5.75 Å². The molecule has 0 aromatic heterocycles. The van der Waals surface area contributed by atoms with Gasteiger partial charge in [0.2, 0.25) is 5.96 Å². The first-order chi connectivity index (χ1) is 14.1. The van der Waals surface area contributed by atoms with Crippen molar-refractivity contribution < 1.29 is 4.74 Å². The lowest BCUT2D eigenvalue weighted by Crippen LogP contribution is -2.29. The Balaban J connectivity index is 1.51. The Morgan fingerprint density at radius 1 is 0.966 bits per heavy atom. The molecule has 0 saturated carbocycles. The number of guanidine groups is 1. The minimum atomic E-state index is 0.571. The Kier molecular flexibility index (Phi) is 5.83. The van der Waals surface area contributed by atoms with Gasteiger partial charge in [0.05, 0.1) is 22.2 Å². The summed E-state index contributed by atoms with van der Waals surface area (Å²) in [5.41, 5.74) is 3.18. The number of nitrogens with one attached hydrogen (secondary N) is 2. The summed E-state index contributed by atoms with van der Waals surface area (Å²) in [4.78, 5) is 7.78. The largest absolute Gasteiger partial charge is 0.454 e. The first-order valence-corrected chi connectivity index (χ1v) is 10.4. The molecule has 0 amide bonds. The minimum absolute atomic E-state index is 0.571. The predicted molar refractivity (Wildman–Crippen MR) is 122 cm³/mol. The van der Waals surface area contributed by atoms with Crippen molar-refractivity contribution in [3.63, 3.8) is 0 Å². The van der Waals surface area contributed by atoms with Crippen molar-refractivity contribution in [1.82, 2.24) is 4.72 Å². The third kappa shape index (κ3) is 4.60. The number of aliphatic imine (C=N–C) groups is 1. The number of ether oxygens (including phenoxy) is 1. The van der Waals surface area contributed by atoms with Gasteiger partial charge in [-0.2, -0.15) is 0 Å². The Morgan fingerprint density at radius 3 is 2.48 bits per heavy atom. The van der Waals surface area contributed by atoms with Crippen LogP contribution in [-0.4, -0.2) is 20.1 Å². The lowest BCUT2D eigenvalue weighted by molar-refractivity contribution is 0.484. The third-order valence-corrected chi connectivity index (χ3v) is 5.59. The summed E-state index contributed by atoms with van der Waals surface area (Å²) in [6, 6.07) is 21.7. The Morgan fingerprint density at radius 2 is 1.72 bits per heavy atom. The van der Waals surface area contributed by atoms with E-state index in [0.29, 0.717) is 29.0 Å². The van der Waals surface area contributed by atoms with Crippen LogP contribution in [0.2, 0.25) is 5.02 Å². The summed E-state index contributed by atoms with van der Waals surface area (Å²) >= 11 is 7.75. The summed E-state index contributed by atoms with van der Waals surface area (Å²) in [5, 5.41) is 3.92. The molecule has 0 spiro atoms. The van der Waals surface area contributed by atoms with Gasteiger partial charge in [-0.05, 0) is 53.9 Å². The van der Waals surface area contributed by atoms with Crippen LogP contribution in [0.1, 0.15) is 5.56 Å². The van der Waals surface area contributed by atoms with Gasteiger partial charge in [-0.25, -0.2) is 4.99 Å². The third-order valence-electron chi connectivity index (χ3n) is 4.42. The molecule has 0 aliphatic carbocycles. The molecule has 4 rings (SSSR count). The van der Waals surface area contributed by atoms with Gasteiger partial charge in [-0.3, -0.25) is 4.72 Å². The second-order valence-corrected chi connectivity index (χ2v) is 7.97. The van der Waals surface area contributed by atoms with Crippen LogP contribution >= 0.6 is 23.5 Å². The maximum atomic E-state index is 6.24. The molecule has 5 nitrogen and oxygen atoms in total. The van der Waals surface area contributed by atoms with Gasteiger partial charge in [-0.15, -0.1) is 0 Å². The average molecular weight is 425 g/mol. The van der Waals surface area contributed by atoms with Crippen LogP contribution in [0.3, 0.4) is 0 Å². The van der Waals surface area contributed by atoms with Gasteiger partial charge in [-0.1, -0.05) is 41.9 Å². The predicted octanol–water partition coefficient (Wildman–Crippen LogP) is 5.78. The van der Waals surface area contributed by atoms with Gasteiger partial charge in [0, 0.05) is 19.8 Å². The monoisotopic (exact) mass is 424 g/mol. The topological polar surface area (TPSA) is 48.9 Å². The summed E-state index contributed by atoms with van der Waals surface area (Å²) in [5.74, 6) is 2.01. The quantitative estimate of drug-likeness (QED) is 0.508. The number of nitrogens with zero attached hydrogens (tertiary/aromatic N) is 2. The molecule has 1 aliphatic heterocycles. The Labute approximate surface area is 179 Å². The summed E-state index contributed by atoms with van der Waals surface area (Å²) < 4.78 is 9.30. The van der Waals surface area contributed by atoms with Crippen molar-refractivity contribution in [2.24, 2.45) is 4.99 Å². The van der Waals surface area contributed by atoms with Crippen LogP contribution < -0.4 is 19.7 Å². The van der Waals surface area contributed by atoms with Crippen LogP contribution in [0.5, 0.6) is 11.5 Å². The van der Waals surface area contributed by atoms with Crippen LogP contribution in [-0.2, 0) is 6.54 Å². The number of benzene rings is 3. The smallest absolute Gasteiger partial charge is 0.206 e. The van der Waals surface area contributed by atoms with Crippen molar-refractivity contribution in [2.75, 3.05) is 24.3 Å². The number of rotatable bonds is 5. The van der Waals surface area contributed by atoms with Crippen molar-refractivity contribution >= 4 is 40.9 Å². The van der Waals surface area contributed by atoms with Crippen molar-refractivity contribution in [3.8, 4) is 11.5 Å². The number of hydrogen-bond acceptors (Lipinski definition) is 4. The standard InChI is InChI=1S/C22H21ClN4OS/c1-27(2)16-12-10-15(11-13-16)14-24-22-25-21-19(8-5-9-20(21)29-26-22)28-18-7-4-3-6-17(18)23/h3-13H,14H2,1-2H3,(H2,24,25,26). The highest BCUT2D eigenvalue weighted by Crippen LogP contribution is 2.40. The molecule has 29 heavy (non-hydrogen) atoms. The molecular formula is C22H21ClN4OS. The number of hydrogen-bond donors (Lipinski definition) is 2. The lowest BCUT2D eigenvalue weighted by atomic mass is 10.2. The molecule has 0 unspecified atom stereocenters. The van der Waals surface area contributed by atoms with E-state index in [1.54, 1.807) is 0 Å². The summed E-state index contributed by atoms with van der Waals surface area (Å²) in [6.07, 6.45) is 0. The van der Waals surface area contributed by atoms with E-state index in [0.717, 1.165) is 16.1 Å². The molecule has 2 N–H and O–H groups in total. The van der Waals surface area contributed by atoms with Gasteiger partial charge < -0.3 is 15.0 Å². The van der Waals surface area contributed by atoms with E-state index in [1.807, 2.05) is 56.6 Å². The zero-order valence-electron chi connectivity index (χ0n) is 16.1. The molecule has 148 valence electrons. The SMILES string of the molecule is CN(C)c1ccc(CN=C2NSc3cccc(Oc4ccccc4Cl)c3N2)cc1. The van der Waals surface area contributed by atoms with Crippen LogP contribution in [0.4, 0.5) is 11.4 Å². The first kappa shape index (κ1) is 19.5. The highest BCUT2D eigenvalue weighted by molar-refractivity contribution is 7.98. The number of halogens is 1. The van der Waals surface area contributed by atoms with Crippen LogP contribution in [0.15, 0.2) is 76.6 Å². The fraction of sp³-hybridized carbons (Fsp3) is 0.136. The molecule has 0 saturated heterocycles. The van der Waals surface area contributed by atoms with Gasteiger partial charge in [0.25, 0.3) is 0 Å². The Bertz CT molecular complexity index is 1040.